The predicted octanol–water partition coefficient (Wildman–Crippen LogP) is 15.8. The Hall–Kier alpha value is -7.11. The number of hydrogen-bond acceptors (Lipinski definition) is 1. The van der Waals surface area contributed by atoms with Crippen molar-refractivity contribution in [2.45, 2.75) is 62.6 Å². The zero-order valence-corrected chi connectivity index (χ0v) is 36.0. The van der Waals surface area contributed by atoms with Crippen molar-refractivity contribution in [1.29, 1.82) is 0 Å². The van der Waals surface area contributed by atoms with Crippen LogP contribution in [0.25, 0.3) is 49.7 Å². The molecule has 0 saturated carbocycles. The summed E-state index contributed by atoms with van der Waals surface area (Å²) < 4.78 is 54.9. The van der Waals surface area contributed by atoms with Gasteiger partial charge in [-0.05, 0) is 123 Å². The smallest absolute Gasteiger partial charge is 0.333 e. The quantitative estimate of drug-likeness (QED) is 0.157. The van der Waals surface area contributed by atoms with Crippen molar-refractivity contribution >= 4 is 33.2 Å². The van der Waals surface area contributed by atoms with E-state index in [-0.39, 0.29) is 30.0 Å². The minimum Gasteiger partial charge on any atom is -0.333 e. The second-order valence-corrected chi connectivity index (χ2v) is 18.4. The number of anilines is 2. The molecule has 5 heteroatoms. The summed E-state index contributed by atoms with van der Waals surface area (Å²) in [5.74, 6) is -0.516. The third kappa shape index (κ3) is 5.60. The number of aromatic nitrogens is 1. The molecule has 2 heterocycles. The second kappa shape index (κ2) is 14.5. The number of nitrogens with zero attached hydrogens (tertiary/aromatic N) is 2. The van der Waals surface area contributed by atoms with E-state index in [1.54, 1.807) is 0 Å². The molecule has 0 saturated heterocycles. The van der Waals surface area contributed by atoms with Crippen molar-refractivity contribution in [3.8, 4) is 27.9 Å². The Labute approximate surface area is 376 Å². The summed E-state index contributed by atoms with van der Waals surface area (Å²) in [4.78, 5) is 2.34. The van der Waals surface area contributed by atoms with Crippen molar-refractivity contribution in [2.75, 3.05) is 4.90 Å². The van der Waals surface area contributed by atoms with Gasteiger partial charge in [-0.15, -0.1) is 0 Å². The van der Waals surface area contributed by atoms with Gasteiger partial charge in [-0.3, -0.25) is 0 Å². The minimum atomic E-state index is -4.75. The predicted molar refractivity (Wildman–Crippen MR) is 259 cm³/mol. The molecule has 0 N–H and O–H groups in total. The summed E-state index contributed by atoms with van der Waals surface area (Å²) in [6.07, 6.45) is 2.49. The maximum absolute atomic E-state index is 17.6. The molecule has 9 aromatic rings. The number of allylic oxidation sites excluding steroid dienone is 1. The van der Waals surface area contributed by atoms with Gasteiger partial charge in [0.15, 0.2) is 0 Å². The summed E-state index contributed by atoms with van der Waals surface area (Å²) in [7, 11) is 0. The maximum atomic E-state index is 17.6. The average molecular weight is 851 g/mol. The monoisotopic (exact) mass is 850 g/mol. The van der Waals surface area contributed by atoms with Crippen molar-refractivity contribution in [1.82, 2.24) is 4.57 Å². The van der Waals surface area contributed by atoms with Gasteiger partial charge in [0, 0.05) is 34.0 Å². The SMILES string of the molecule is Cc1c(C2c3ccccc3-c3ccccc32)c(-n2c3ccccc3c3ccccc32)c(C(F)(F)F)c(CC2Cc3ccccc3-c3ccccc32)c1N1c2ccccc2C2CCC=CC21. The third-order valence-corrected chi connectivity index (χ3v) is 15.2. The molecule has 4 aliphatic rings. The molecular weight excluding hydrogens is 806 g/mol. The van der Waals surface area contributed by atoms with Gasteiger partial charge < -0.3 is 9.47 Å². The van der Waals surface area contributed by atoms with Gasteiger partial charge >= 0.3 is 6.18 Å². The zero-order valence-electron chi connectivity index (χ0n) is 36.0. The fourth-order valence-corrected chi connectivity index (χ4v) is 12.7. The van der Waals surface area contributed by atoms with Crippen LogP contribution in [0, 0.1) is 6.92 Å². The Kier molecular flexibility index (Phi) is 8.53. The Morgan fingerprint density at radius 2 is 1.11 bits per heavy atom. The second-order valence-electron chi connectivity index (χ2n) is 18.4. The highest BCUT2D eigenvalue weighted by Gasteiger charge is 2.48. The van der Waals surface area contributed by atoms with E-state index in [1.807, 2.05) is 71.3 Å². The number of fused-ring (bicyclic) bond motifs is 12. The van der Waals surface area contributed by atoms with Crippen LogP contribution in [0.1, 0.15) is 80.7 Å². The first kappa shape index (κ1) is 38.4. The highest BCUT2D eigenvalue weighted by atomic mass is 19.4. The van der Waals surface area contributed by atoms with E-state index in [0.29, 0.717) is 23.2 Å². The molecule has 65 heavy (non-hydrogen) atoms. The molecule has 316 valence electrons. The Balaban J connectivity index is 1.22. The van der Waals surface area contributed by atoms with E-state index < -0.39 is 17.7 Å². The Morgan fingerprint density at radius 1 is 0.569 bits per heavy atom. The molecule has 1 aliphatic heterocycles. The number of hydrogen-bond donors (Lipinski definition) is 0. The lowest BCUT2D eigenvalue weighted by atomic mass is 9.74. The number of alkyl halides is 3. The number of para-hydroxylation sites is 3. The topological polar surface area (TPSA) is 8.17 Å². The van der Waals surface area contributed by atoms with Gasteiger partial charge in [0.25, 0.3) is 0 Å². The summed E-state index contributed by atoms with van der Waals surface area (Å²) in [6.45, 7) is 2.14. The Bertz CT molecular complexity index is 3340. The summed E-state index contributed by atoms with van der Waals surface area (Å²) in [5, 5.41) is 1.86. The molecule has 0 fully saturated rings. The van der Waals surface area contributed by atoms with Gasteiger partial charge in [-0.2, -0.15) is 13.2 Å². The van der Waals surface area contributed by atoms with E-state index in [2.05, 4.69) is 127 Å². The molecule has 0 bridgehead atoms. The van der Waals surface area contributed by atoms with E-state index in [9.17, 15) is 0 Å². The molecule has 0 amide bonds. The number of rotatable bonds is 5. The van der Waals surface area contributed by atoms with Crippen LogP contribution in [0.4, 0.5) is 24.5 Å². The van der Waals surface area contributed by atoms with Gasteiger partial charge in [0.2, 0.25) is 0 Å². The van der Waals surface area contributed by atoms with Crippen LogP contribution < -0.4 is 4.90 Å². The maximum Gasteiger partial charge on any atom is 0.418 e. The number of halogens is 3. The average Bonchev–Trinajstić information content (AvgIpc) is 3.97. The summed E-state index contributed by atoms with van der Waals surface area (Å²) in [6, 6.07) is 57.9. The lowest BCUT2D eigenvalue weighted by Gasteiger charge is -2.38. The molecule has 3 unspecified atom stereocenters. The molecule has 0 spiro atoms. The van der Waals surface area contributed by atoms with Crippen LogP contribution in [-0.2, 0) is 19.0 Å². The lowest BCUT2D eigenvalue weighted by Crippen LogP contribution is -2.33. The van der Waals surface area contributed by atoms with Crippen LogP contribution in [0.3, 0.4) is 0 Å². The first-order valence-electron chi connectivity index (χ1n) is 23.0. The molecule has 1 aromatic heterocycles. The fourth-order valence-electron chi connectivity index (χ4n) is 12.7. The van der Waals surface area contributed by atoms with Crippen LogP contribution in [-0.4, -0.2) is 10.6 Å². The van der Waals surface area contributed by atoms with Crippen LogP contribution in [0.2, 0.25) is 0 Å². The van der Waals surface area contributed by atoms with Crippen LogP contribution >= 0.6 is 0 Å². The Morgan fingerprint density at radius 3 is 1.77 bits per heavy atom. The first-order valence-corrected chi connectivity index (χ1v) is 23.0. The van der Waals surface area contributed by atoms with Crippen molar-refractivity contribution in [2.24, 2.45) is 0 Å². The van der Waals surface area contributed by atoms with Gasteiger partial charge in [-0.25, -0.2) is 0 Å². The van der Waals surface area contributed by atoms with Gasteiger partial charge in [0.1, 0.15) is 0 Å². The summed E-state index contributed by atoms with van der Waals surface area (Å²) in [5.41, 5.74) is 14.8. The highest BCUT2D eigenvalue weighted by molar-refractivity contribution is 6.10. The van der Waals surface area contributed by atoms with Gasteiger partial charge in [0.05, 0.1) is 28.3 Å². The first-order chi connectivity index (χ1) is 31.9. The van der Waals surface area contributed by atoms with E-state index in [1.165, 1.54) is 11.1 Å². The third-order valence-electron chi connectivity index (χ3n) is 15.2. The number of benzene rings is 8. The van der Waals surface area contributed by atoms with Crippen LogP contribution in [0.5, 0.6) is 0 Å². The fraction of sp³-hybridized carbons (Fsp3) is 0.167. The van der Waals surface area contributed by atoms with Crippen LogP contribution in [0.15, 0.2) is 182 Å². The minimum absolute atomic E-state index is 0.130. The molecule has 2 nitrogen and oxygen atoms in total. The highest BCUT2D eigenvalue weighted by Crippen LogP contribution is 2.59. The molecule has 3 aliphatic carbocycles. The van der Waals surface area contributed by atoms with Gasteiger partial charge in [-0.1, -0.05) is 164 Å². The molecule has 0 radical (unpaired) electrons. The molecule has 8 aromatic carbocycles. The molecular formula is C60H45F3N2. The van der Waals surface area contributed by atoms with E-state index >= 15 is 13.2 Å². The molecule has 13 rings (SSSR count). The molecule has 3 atom stereocenters. The largest absolute Gasteiger partial charge is 0.418 e. The zero-order chi connectivity index (χ0) is 43.6. The summed E-state index contributed by atoms with van der Waals surface area (Å²) >= 11 is 0. The van der Waals surface area contributed by atoms with Crippen molar-refractivity contribution < 1.29 is 13.2 Å². The van der Waals surface area contributed by atoms with E-state index in [0.717, 1.165) is 84.8 Å². The standard InChI is InChI=1S/C60H45F3N2/c1-36-55(56-48-28-8-6-22-42(48)43-23-7-9-29-49(43)56)59(65-53-32-16-12-26-46(53)47-27-13-17-33-54(47)65)57(60(61,62)63)50(35-38-34-37-18-2-3-19-39(37)41-21-5-4-20-40(38)41)58(36)64-51-30-14-10-24-44(51)45-25-11-15-31-52(45)64/h2-10,12-24,26-33,38,45,52,56H,11,25,34-35H2,1H3. The normalized spacial score (nSPS) is 18.3. The van der Waals surface area contributed by atoms with Crippen molar-refractivity contribution in [3.05, 3.63) is 232 Å². The van der Waals surface area contributed by atoms with E-state index in [4.69, 9.17) is 0 Å². The van der Waals surface area contributed by atoms with Crippen molar-refractivity contribution in [3.63, 3.8) is 0 Å². The lowest BCUT2D eigenvalue weighted by molar-refractivity contribution is -0.138.